The molecule has 0 unspecified atom stereocenters. The van der Waals surface area contributed by atoms with Crippen molar-refractivity contribution in [2.24, 2.45) is 5.73 Å². The van der Waals surface area contributed by atoms with Crippen LogP contribution in [0, 0.1) is 0 Å². The van der Waals surface area contributed by atoms with Crippen molar-refractivity contribution in [3.8, 4) is 5.75 Å². The summed E-state index contributed by atoms with van der Waals surface area (Å²) in [4.78, 5) is 11.7. The van der Waals surface area contributed by atoms with Crippen molar-refractivity contribution in [3.05, 3.63) is 28.2 Å². The highest BCUT2D eigenvalue weighted by molar-refractivity contribution is 9.10. The number of benzene rings is 1. The van der Waals surface area contributed by atoms with Gasteiger partial charge in [0.2, 0.25) is 0 Å². The normalized spacial score (nSPS) is 11.2. The highest BCUT2D eigenvalue weighted by atomic mass is 79.9. The standard InChI is InChI=1S/C11H15BrN2O2/c1-11(2,13)6-14-10(16)8-5-7(12)3-4-9(8)15/h3-5,15H,6,13H2,1-2H3,(H,14,16). The van der Waals surface area contributed by atoms with Gasteiger partial charge in [-0.15, -0.1) is 0 Å². The molecule has 0 aliphatic heterocycles. The molecule has 0 spiro atoms. The van der Waals surface area contributed by atoms with Crippen LogP contribution in [0.3, 0.4) is 0 Å². The Morgan fingerprint density at radius 1 is 1.56 bits per heavy atom. The molecule has 1 rings (SSSR count). The van der Waals surface area contributed by atoms with Gasteiger partial charge in [-0.05, 0) is 32.0 Å². The Hall–Kier alpha value is -1.07. The van der Waals surface area contributed by atoms with Gasteiger partial charge < -0.3 is 16.2 Å². The molecule has 4 nitrogen and oxygen atoms in total. The number of rotatable bonds is 3. The monoisotopic (exact) mass is 286 g/mol. The molecule has 0 aliphatic carbocycles. The molecule has 5 heteroatoms. The van der Waals surface area contributed by atoms with Crippen LogP contribution in [-0.4, -0.2) is 23.1 Å². The van der Waals surface area contributed by atoms with Gasteiger partial charge in [-0.2, -0.15) is 0 Å². The maximum absolute atomic E-state index is 11.7. The predicted octanol–water partition coefficient (Wildman–Crippen LogP) is 1.62. The summed E-state index contributed by atoms with van der Waals surface area (Å²) >= 11 is 3.24. The molecule has 0 aliphatic rings. The number of nitrogens with two attached hydrogens (primary N) is 1. The number of phenols is 1. The van der Waals surface area contributed by atoms with Gasteiger partial charge in [0, 0.05) is 16.6 Å². The van der Waals surface area contributed by atoms with Gasteiger partial charge in [-0.25, -0.2) is 0 Å². The minimum Gasteiger partial charge on any atom is -0.507 e. The van der Waals surface area contributed by atoms with Crippen LogP contribution in [0.15, 0.2) is 22.7 Å². The molecule has 0 saturated carbocycles. The van der Waals surface area contributed by atoms with Crippen molar-refractivity contribution in [3.63, 3.8) is 0 Å². The zero-order valence-corrected chi connectivity index (χ0v) is 10.8. The van der Waals surface area contributed by atoms with E-state index in [0.717, 1.165) is 4.47 Å². The summed E-state index contributed by atoms with van der Waals surface area (Å²) in [5.74, 6) is -0.382. The summed E-state index contributed by atoms with van der Waals surface area (Å²) in [6.45, 7) is 3.97. The van der Waals surface area contributed by atoms with Crippen molar-refractivity contribution in [2.45, 2.75) is 19.4 Å². The van der Waals surface area contributed by atoms with Crippen molar-refractivity contribution in [1.82, 2.24) is 5.32 Å². The summed E-state index contributed by atoms with van der Waals surface area (Å²) < 4.78 is 0.738. The lowest BCUT2D eigenvalue weighted by atomic mass is 10.1. The van der Waals surface area contributed by atoms with Crippen LogP contribution in [0.5, 0.6) is 5.75 Å². The zero-order chi connectivity index (χ0) is 12.3. The van der Waals surface area contributed by atoms with Crippen LogP contribution in [-0.2, 0) is 0 Å². The number of carbonyl (C=O) groups excluding carboxylic acids is 1. The minimum absolute atomic E-state index is 0.0458. The number of hydrogen-bond acceptors (Lipinski definition) is 3. The number of phenolic OH excluding ortho intramolecular Hbond substituents is 1. The van der Waals surface area contributed by atoms with E-state index in [1.807, 2.05) is 13.8 Å². The zero-order valence-electron chi connectivity index (χ0n) is 9.25. The molecule has 1 aromatic carbocycles. The van der Waals surface area contributed by atoms with Gasteiger partial charge in [0.15, 0.2) is 0 Å². The lowest BCUT2D eigenvalue weighted by Crippen LogP contribution is -2.45. The van der Waals surface area contributed by atoms with E-state index in [2.05, 4.69) is 21.2 Å². The lowest BCUT2D eigenvalue weighted by molar-refractivity contribution is 0.0943. The van der Waals surface area contributed by atoms with Crippen molar-refractivity contribution in [2.75, 3.05) is 6.54 Å². The van der Waals surface area contributed by atoms with Crippen LogP contribution in [0.1, 0.15) is 24.2 Å². The molecule has 0 heterocycles. The quantitative estimate of drug-likeness (QED) is 0.790. The predicted molar refractivity (Wildman–Crippen MR) is 66.4 cm³/mol. The molecular weight excluding hydrogens is 272 g/mol. The van der Waals surface area contributed by atoms with Crippen LogP contribution >= 0.6 is 15.9 Å². The Balaban J connectivity index is 2.77. The maximum atomic E-state index is 11.7. The van der Waals surface area contributed by atoms with E-state index in [9.17, 15) is 9.90 Å². The fourth-order valence-electron chi connectivity index (χ4n) is 1.09. The summed E-state index contributed by atoms with van der Waals surface area (Å²) in [5.41, 5.74) is 5.50. The average molecular weight is 287 g/mol. The molecule has 0 aromatic heterocycles. The lowest BCUT2D eigenvalue weighted by Gasteiger charge is -2.19. The third-order valence-corrected chi connectivity index (χ3v) is 2.40. The van der Waals surface area contributed by atoms with Gasteiger partial charge in [0.05, 0.1) is 5.56 Å². The van der Waals surface area contributed by atoms with Crippen LogP contribution in [0.25, 0.3) is 0 Å². The SMILES string of the molecule is CC(C)(N)CNC(=O)c1cc(Br)ccc1O. The highest BCUT2D eigenvalue weighted by Crippen LogP contribution is 2.21. The Morgan fingerprint density at radius 2 is 2.19 bits per heavy atom. The maximum Gasteiger partial charge on any atom is 0.255 e. The number of aromatic hydroxyl groups is 1. The highest BCUT2D eigenvalue weighted by Gasteiger charge is 2.15. The second-order valence-electron chi connectivity index (χ2n) is 4.33. The van der Waals surface area contributed by atoms with Gasteiger partial charge in [-0.3, -0.25) is 4.79 Å². The molecule has 0 saturated heterocycles. The Labute approximate surface area is 103 Å². The van der Waals surface area contributed by atoms with Crippen molar-refractivity contribution < 1.29 is 9.90 Å². The van der Waals surface area contributed by atoms with Gasteiger partial charge >= 0.3 is 0 Å². The molecule has 0 bridgehead atoms. The van der Waals surface area contributed by atoms with E-state index in [-0.39, 0.29) is 17.2 Å². The molecule has 88 valence electrons. The third kappa shape index (κ3) is 3.83. The van der Waals surface area contributed by atoms with Crippen LogP contribution in [0.4, 0.5) is 0 Å². The summed E-state index contributed by atoms with van der Waals surface area (Å²) in [5, 5.41) is 12.2. The molecule has 1 aromatic rings. The number of hydrogen-bond donors (Lipinski definition) is 3. The number of amides is 1. The van der Waals surface area contributed by atoms with E-state index in [4.69, 9.17) is 5.73 Å². The van der Waals surface area contributed by atoms with E-state index in [1.54, 1.807) is 12.1 Å². The third-order valence-electron chi connectivity index (χ3n) is 1.91. The van der Waals surface area contributed by atoms with E-state index in [0.29, 0.717) is 6.54 Å². The summed E-state index contributed by atoms with van der Waals surface area (Å²) in [7, 11) is 0. The number of carbonyl (C=O) groups is 1. The van der Waals surface area contributed by atoms with Crippen LogP contribution < -0.4 is 11.1 Å². The van der Waals surface area contributed by atoms with E-state index >= 15 is 0 Å². The van der Waals surface area contributed by atoms with Gasteiger partial charge in [0.1, 0.15) is 5.75 Å². The number of halogens is 1. The minimum atomic E-state index is -0.475. The van der Waals surface area contributed by atoms with Crippen LogP contribution in [0.2, 0.25) is 0 Å². The molecule has 0 radical (unpaired) electrons. The first-order chi connectivity index (χ1) is 7.29. The molecule has 0 fully saturated rings. The number of nitrogens with one attached hydrogen (secondary N) is 1. The fourth-order valence-corrected chi connectivity index (χ4v) is 1.45. The molecule has 0 atom stereocenters. The second-order valence-corrected chi connectivity index (χ2v) is 5.25. The largest absolute Gasteiger partial charge is 0.507 e. The van der Waals surface area contributed by atoms with E-state index < -0.39 is 5.54 Å². The van der Waals surface area contributed by atoms with Crippen molar-refractivity contribution in [1.29, 1.82) is 0 Å². The molecule has 4 N–H and O–H groups in total. The van der Waals surface area contributed by atoms with Gasteiger partial charge in [-0.1, -0.05) is 15.9 Å². The topological polar surface area (TPSA) is 75.3 Å². The first kappa shape index (κ1) is 13.0. The van der Waals surface area contributed by atoms with Crippen molar-refractivity contribution >= 4 is 21.8 Å². The molecular formula is C11H15BrN2O2. The first-order valence-corrected chi connectivity index (χ1v) is 5.64. The van der Waals surface area contributed by atoms with Gasteiger partial charge in [0.25, 0.3) is 5.91 Å². The smallest absolute Gasteiger partial charge is 0.255 e. The van der Waals surface area contributed by atoms with E-state index in [1.165, 1.54) is 6.07 Å². The molecule has 1 amide bonds. The summed E-state index contributed by atoms with van der Waals surface area (Å²) in [6.07, 6.45) is 0. The summed E-state index contributed by atoms with van der Waals surface area (Å²) in [6, 6.07) is 4.69. The Morgan fingerprint density at radius 3 is 2.75 bits per heavy atom. The molecule has 16 heavy (non-hydrogen) atoms. The first-order valence-electron chi connectivity index (χ1n) is 4.85. The Bertz CT molecular complexity index is 399. The Kier molecular flexibility index (Phi) is 3.93. The second kappa shape index (κ2) is 4.84. The fraction of sp³-hybridized carbons (Fsp3) is 0.364. The average Bonchev–Trinajstić information content (AvgIpc) is 2.17.